The van der Waals surface area contributed by atoms with Crippen LogP contribution in [-0.4, -0.2) is 20.1 Å². The molecule has 1 aromatic heterocycles. The molecule has 0 aliphatic carbocycles. The summed E-state index contributed by atoms with van der Waals surface area (Å²) in [5, 5.41) is 3.07. The molecule has 0 saturated heterocycles. The number of halogens is 1. The van der Waals surface area contributed by atoms with E-state index in [0.29, 0.717) is 22.2 Å². The monoisotopic (exact) mass is 281 g/mol. The van der Waals surface area contributed by atoms with Crippen molar-refractivity contribution in [3.63, 3.8) is 0 Å². The lowest BCUT2D eigenvalue weighted by Gasteiger charge is -2.12. The van der Waals surface area contributed by atoms with Gasteiger partial charge in [0.05, 0.1) is 31.2 Å². The maximum absolute atomic E-state index is 11.9. The van der Waals surface area contributed by atoms with E-state index in [-0.39, 0.29) is 11.7 Å². The second-order valence-electron chi connectivity index (χ2n) is 3.62. The Hall–Kier alpha value is -2.14. The number of furan rings is 1. The van der Waals surface area contributed by atoms with Crippen LogP contribution in [0.25, 0.3) is 0 Å². The molecule has 0 fully saturated rings. The Morgan fingerprint density at radius 2 is 2.00 bits per heavy atom. The molecule has 2 aromatic rings. The maximum Gasteiger partial charge on any atom is 0.291 e. The molecule has 0 bridgehead atoms. The summed E-state index contributed by atoms with van der Waals surface area (Å²) in [6, 6.07) is 6.35. The quantitative estimate of drug-likeness (QED) is 0.935. The number of ether oxygens (including phenoxy) is 2. The van der Waals surface area contributed by atoms with Gasteiger partial charge in [0.2, 0.25) is 0 Å². The van der Waals surface area contributed by atoms with Crippen molar-refractivity contribution in [3.8, 4) is 11.5 Å². The highest BCUT2D eigenvalue weighted by atomic mass is 35.5. The van der Waals surface area contributed by atoms with Crippen LogP contribution in [0.1, 0.15) is 10.6 Å². The van der Waals surface area contributed by atoms with Crippen molar-refractivity contribution in [1.82, 2.24) is 0 Å². The summed E-state index contributed by atoms with van der Waals surface area (Å²) in [7, 11) is 2.98. The number of benzene rings is 1. The zero-order valence-electron chi connectivity index (χ0n) is 10.4. The molecule has 0 atom stereocenters. The summed E-state index contributed by atoms with van der Waals surface area (Å²) in [5.74, 6) is 0.701. The van der Waals surface area contributed by atoms with Gasteiger partial charge in [0.15, 0.2) is 5.76 Å². The number of methoxy groups -OCH3 is 2. The number of nitrogens with one attached hydrogen (secondary N) is 1. The molecule has 0 aliphatic rings. The molecule has 1 aromatic carbocycles. The van der Waals surface area contributed by atoms with Gasteiger partial charge in [-0.15, -0.1) is 0 Å². The summed E-state index contributed by atoms with van der Waals surface area (Å²) >= 11 is 5.98. The Morgan fingerprint density at radius 1 is 1.26 bits per heavy atom. The first kappa shape index (κ1) is 13.3. The molecule has 0 spiro atoms. The Bertz CT molecular complexity index is 581. The molecule has 6 heteroatoms. The Labute approximate surface area is 115 Å². The van der Waals surface area contributed by atoms with Crippen LogP contribution in [0, 0.1) is 0 Å². The van der Waals surface area contributed by atoms with Crippen molar-refractivity contribution in [2.24, 2.45) is 0 Å². The molecule has 0 saturated carbocycles. The first-order chi connectivity index (χ1) is 9.15. The van der Waals surface area contributed by atoms with Crippen molar-refractivity contribution < 1.29 is 18.7 Å². The van der Waals surface area contributed by atoms with Crippen LogP contribution in [0.15, 0.2) is 34.9 Å². The largest absolute Gasteiger partial charge is 0.495 e. The van der Waals surface area contributed by atoms with Crippen LogP contribution in [0.2, 0.25) is 5.02 Å². The molecule has 100 valence electrons. The van der Waals surface area contributed by atoms with Crippen LogP contribution in [0.5, 0.6) is 11.5 Å². The minimum atomic E-state index is -0.382. The molecular formula is C13H12ClNO4. The van der Waals surface area contributed by atoms with Gasteiger partial charge in [-0.3, -0.25) is 4.79 Å². The highest BCUT2D eigenvalue weighted by Crippen LogP contribution is 2.36. The lowest BCUT2D eigenvalue weighted by molar-refractivity contribution is 0.0996. The van der Waals surface area contributed by atoms with Crippen molar-refractivity contribution >= 4 is 23.2 Å². The van der Waals surface area contributed by atoms with Crippen molar-refractivity contribution in [2.75, 3.05) is 19.5 Å². The van der Waals surface area contributed by atoms with Crippen LogP contribution < -0.4 is 14.8 Å². The topological polar surface area (TPSA) is 60.7 Å². The van der Waals surface area contributed by atoms with Gasteiger partial charge in [0.1, 0.15) is 11.5 Å². The normalized spacial score (nSPS) is 10.1. The zero-order valence-corrected chi connectivity index (χ0v) is 11.2. The van der Waals surface area contributed by atoms with Crippen molar-refractivity contribution in [3.05, 3.63) is 41.3 Å². The Morgan fingerprint density at radius 3 is 2.58 bits per heavy atom. The minimum Gasteiger partial charge on any atom is -0.495 e. The van der Waals surface area contributed by atoms with E-state index in [1.54, 1.807) is 24.3 Å². The number of carbonyl (C=O) groups excluding carboxylic acids is 1. The summed E-state index contributed by atoms with van der Waals surface area (Å²) in [6.45, 7) is 0. The molecule has 1 heterocycles. The van der Waals surface area contributed by atoms with Gasteiger partial charge in [-0.05, 0) is 12.1 Å². The number of rotatable bonds is 4. The minimum absolute atomic E-state index is 0.205. The lowest BCUT2D eigenvalue weighted by Crippen LogP contribution is -2.11. The van der Waals surface area contributed by atoms with Gasteiger partial charge in [-0.2, -0.15) is 0 Å². The second-order valence-corrected chi connectivity index (χ2v) is 4.03. The number of hydrogen-bond donors (Lipinski definition) is 1. The number of anilines is 1. The maximum atomic E-state index is 11.9. The van der Waals surface area contributed by atoms with Gasteiger partial charge in [-0.25, -0.2) is 0 Å². The van der Waals surface area contributed by atoms with Crippen molar-refractivity contribution in [1.29, 1.82) is 0 Å². The Balaban J connectivity index is 2.31. The fourth-order valence-corrected chi connectivity index (χ4v) is 1.78. The smallest absolute Gasteiger partial charge is 0.291 e. The fraction of sp³-hybridized carbons (Fsp3) is 0.154. The average molecular weight is 282 g/mol. The third-order valence-electron chi connectivity index (χ3n) is 2.47. The number of amides is 1. The average Bonchev–Trinajstić information content (AvgIpc) is 2.94. The Kier molecular flexibility index (Phi) is 3.97. The van der Waals surface area contributed by atoms with E-state index in [2.05, 4.69) is 5.32 Å². The third kappa shape index (κ3) is 2.82. The van der Waals surface area contributed by atoms with E-state index in [1.807, 2.05) is 0 Å². The first-order valence-corrected chi connectivity index (χ1v) is 5.80. The molecule has 0 aliphatic heterocycles. The molecule has 0 radical (unpaired) electrons. The van der Waals surface area contributed by atoms with Gasteiger partial charge in [0.25, 0.3) is 5.91 Å². The predicted octanol–water partition coefficient (Wildman–Crippen LogP) is 3.20. The fourth-order valence-electron chi connectivity index (χ4n) is 1.55. The predicted molar refractivity (Wildman–Crippen MR) is 71.2 cm³/mol. The summed E-state index contributed by atoms with van der Waals surface area (Å²) in [6.07, 6.45) is 1.43. The highest BCUT2D eigenvalue weighted by molar-refractivity contribution is 6.32. The van der Waals surface area contributed by atoms with Gasteiger partial charge in [-0.1, -0.05) is 11.6 Å². The van der Waals surface area contributed by atoms with Gasteiger partial charge in [0, 0.05) is 12.1 Å². The SMILES string of the molecule is COc1cc(NC(=O)c2ccco2)c(OC)cc1Cl. The van der Waals surface area contributed by atoms with E-state index in [4.69, 9.17) is 25.5 Å². The molecule has 19 heavy (non-hydrogen) atoms. The molecule has 1 amide bonds. The van der Waals surface area contributed by atoms with Crippen LogP contribution in [0.3, 0.4) is 0 Å². The number of carbonyl (C=O) groups is 1. The van der Waals surface area contributed by atoms with Gasteiger partial charge < -0.3 is 19.2 Å². The molecule has 1 N–H and O–H groups in total. The standard InChI is InChI=1S/C13H12ClNO4/c1-17-11-7-9(12(18-2)6-8(11)14)15-13(16)10-4-3-5-19-10/h3-7H,1-2H3,(H,15,16). The van der Waals surface area contributed by atoms with E-state index in [1.165, 1.54) is 20.5 Å². The first-order valence-electron chi connectivity index (χ1n) is 5.42. The zero-order chi connectivity index (χ0) is 13.8. The molecule has 2 rings (SSSR count). The second kappa shape index (κ2) is 5.67. The van der Waals surface area contributed by atoms with Crippen LogP contribution >= 0.6 is 11.6 Å². The summed E-state index contributed by atoms with van der Waals surface area (Å²) in [4.78, 5) is 11.9. The van der Waals surface area contributed by atoms with Crippen LogP contribution in [-0.2, 0) is 0 Å². The van der Waals surface area contributed by atoms with E-state index >= 15 is 0 Å². The van der Waals surface area contributed by atoms with Crippen LogP contribution in [0.4, 0.5) is 5.69 Å². The van der Waals surface area contributed by atoms with E-state index in [9.17, 15) is 4.79 Å². The van der Waals surface area contributed by atoms with Gasteiger partial charge >= 0.3 is 0 Å². The third-order valence-corrected chi connectivity index (χ3v) is 2.76. The summed E-state index contributed by atoms with van der Waals surface area (Å²) < 4.78 is 15.3. The summed E-state index contributed by atoms with van der Waals surface area (Å²) in [5.41, 5.74) is 0.449. The number of hydrogen-bond acceptors (Lipinski definition) is 4. The van der Waals surface area contributed by atoms with Crippen molar-refractivity contribution in [2.45, 2.75) is 0 Å². The highest BCUT2D eigenvalue weighted by Gasteiger charge is 2.14. The van der Waals surface area contributed by atoms with E-state index < -0.39 is 0 Å². The van der Waals surface area contributed by atoms with E-state index in [0.717, 1.165) is 0 Å². The molecule has 5 nitrogen and oxygen atoms in total. The molecular weight excluding hydrogens is 270 g/mol. The lowest BCUT2D eigenvalue weighted by atomic mass is 10.2. The molecule has 0 unspecified atom stereocenters.